The van der Waals surface area contributed by atoms with Crippen LogP contribution in [0.5, 0.6) is 5.75 Å². The maximum absolute atomic E-state index is 11.4. The van der Waals surface area contributed by atoms with Crippen LogP contribution in [0.1, 0.15) is 5.56 Å². The summed E-state index contributed by atoms with van der Waals surface area (Å²) in [6, 6.07) is 7.44. The van der Waals surface area contributed by atoms with Crippen LogP contribution in [0.3, 0.4) is 0 Å². The molecule has 0 aliphatic carbocycles. The lowest BCUT2D eigenvalue weighted by molar-refractivity contribution is -0.137. The first-order valence-electron chi connectivity index (χ1n) is 5.75. The summed E-state index contributed by atoms with van der Waals surface area (Å²) in [6.07, 6.45) is 3.15. The first-order valence-corrected chi connectivity index (χ1v) is 5.75. The van der Waals surface area contributed by atoms with Gasteiger partial charge in [-0.15, -0.1) is 12.4 Å². The van der Waals surface area contributed by atoms with Gasteiger partial charge in [-0.1, -0.05) is 12.1 Å². The van der Waals surface area contributed by atoms with Gasteiger partial charge in [-0.2, -0.15) is 0 Å². The third-order valence-corrected chi connectivity index (χ3v) is 2.31. The molecule has 0 N–H and O–H groups in total. The quantitative estimate of drug-likeness (QED) is 0.593. The molecule has 4 nitrogen and oxygen atoms in total. The van der Waals surface area contributed by atoms with Gasteiger partial charge in [0.25, 0.3) is 0 Å². The summed E-state index contributed by atoms with van der Waals surface area (Å²) in [5.74, 6) is 0.466. The van der Waals surface area contributed by atoms with Crippen molar-refractivity contribution in [3.8, 4) is 5.75 Å². The van der Waals surface area contributed by atoms with E-state index in [4.69, 9.17) is 9.47 Å². The molecule has 0 fully saturated rings. The second-order valence-corrected chi connectivity index (χ2v) is 4.08. The van der Waals surface area contributed by atoms with Crippen molar-refractivity contribution >= 4 is 24.5 Å². The SMILES string of the molecule is COc1ccc(/C=C/C(=O)OCCN(C)C)cc1.Cl. The smallest absolute Gasteiger partial charge is 0.330 e. The number of hydrogen-bond acceptors (Lipinski definition) is 4. The zero-order valence-corrected chi connectivity index (χ0v) is 12.3. The molecule has 1 rings (SSSR count). The van der Waals surface area contributed by atoms with Gasteiger partial charge < -0.3 is 14.4 Å². The molecular formula is C14H20ClNO3. The monoisotopic (exact) mass is 285 g/mol. The molecule has 0 aromatic heterocycles. The van der Waals surface area contributed by atoms with Gasteiger partial charge in [0.15, 0.2) is 0 Å². The number of ether oxygens (including phenoxy) is 2. The van der Waals surface area contributed by atoms with E-state index in [0.717, 1.165) is 17.9 Å². The molecule has 0 aliphatic rings. The van der Waals surface area contributed by atoms with Crippen molar-refractivity contribution in [3.63, 3.8) is 0 Å². The molecule has 0 spiro atoms. The molecule has 0 bridgehead atoms. The van der Waals surface area contributed by atoms with Gasteiger partial charge in [-0.25, -0.2) is 4.79 Å². The summed E-state index contributed by atoms with van der Waals surface area (Å²) < 4.78 is 10.1. The molecule has 0 saturated carbocycles. The molecule has 0 atom stereocenters. The van der Waals surface area contributed by atoms with Crippen molar-refractivity contribution in [1.82, 2.24) is 4.90 Å². The highest BCUT2D eigenvalue weighted by atomic mass is 35.5. The summed E-state index contributed by atoms with van der Waals surface area (Å²) in [5, 5.41) is 0. The molecule has 0 saturated heterocycles. The van der Waals surface area contributed by atoms with Crippen molar-refractivity contribution in [2.45, 2.75) is 0 Å². The highest BCUT2D eigenvalue weighted by Gasteiger charge is 1.97. The van der Waals surface area contributed by atoms with Gasteiger partial charge in [-0.05, 0) is 37.9 Å². The molecule has 5 heteroatoms. The minimum absolute atomic E-state index is 0. The lowest BCUT2D eigenvalue weighted by atomic mass is 10.2. The van der Waals surface area contributed by atoms with Gasteiger partial charge >= 0.3 is 5.97 Å². The third kappa shape index (κ3) is 7.49. The van der Waals surface area contributed by atoms with Gasteiger partial charge in [0.05, 0.1) is 7.11 Å². The predicted molar refractivity (Wildman–Crippen MR) is 78.8 cm³/mol. The number of carbonyl (C=O) groups is 1. The number of nitrogens with zero attached hydrogens (tertiary/aromatic N) is 1. The first-order chi connectivity index (χ1) is 8.61. The lowest BCUT2D eigenvalue weighted by Gasteiger charge is -2.08. The Morgan fingerprint density at radius 1 is 1.26 bits per heavy atom. The van der Waals surface area contributed by atoms with E-state index in [-0.39, 0.29) is 18.4 Å². The molecule has 19 heavy (non-hydrogen) atoms. The van der Waals surface area contributed by atoms with Crippen molar-refractivity contribution in [2.24, 2.45) is 0 Å². The minimum atomic E-state index is -0.326. The van der Waals surface area contributed by atoms with Crippen LogP contribution in [0, 0.1) is 0 Å². The largest absolute Gasteiger partial charge is 0.497 e. The Bertz CT molecular complexity index is 402. The number of benzene rings is 1. The molecule has 1 aromatic carbocycles. The summed E-state index contributed by atoms with van der Waals surface area (Å²) in [4.78, 5) is 13.3. The van der Waals surface area contributed by atoms with Gasteiger partial charge in [0.2, 0.25) is 0 Å². The first kappa shape index (κ1) is 17.5. The summed E-state index contributed by atoms with van der Waals surface area (Å²) in [7, 11) is 5.48. The zero-order chi connectivity index (χ0) is 13.4. The zero-order valence-electron chi connectivity index (χ0n) is 11.5. The Morgan fingerprint density at radius 3 is 2.42 bits per heavy atom. The summed E-state index contributed by atoms with van der Waals surface area (Å²) in [5.41, 5.74) is 0.931. The molecule has 0 heterocycles. The molecule has 1 aromatic rings. The average molecular weight is 286 g/mol. The number of halogens is 1. The maximum Gasteiger partial charge on any atom is 0.330 e. The fraction of sp³-hybridized carbons (Fsp3) is 0.357. The number of methoxy groups -OCH3 is 1. The van der Waals surface area contributed by atoms with Crippen LogP contribution in [-0.4, -0.2) is 45.2 Å². The molecule has 0 unspecified atom stereocenters. The van der Waals surface area contributed by atoms with Gasteiger partial charge in [0.1, 0.15) is 12.4 Å². The fourth-order valence-corrected chi connectivity index (χ4v) is 1.26. The van der Waals surface area contributed by atoms with Crippen LogP contribution in [0.25, 0.3) is 6.08 Å². The topological polar surface area (TPSA) is 38.8 Å². The van der Waals surface area contributed by atoms with E-state index in [2.05, 4.69) is 0 Å². The minimum Gasteiger partial charge on any atom is -0.497 e. The van der Waals surface area contributed by atoms with E-state index in [9.17, 15) is 4.79 Å². The number of carbonyl (C=O) groups excluding carboxylic acids is 1. The van der Waals surface area contributed by atoms with E-state index in [1.807, 2.05) is 43.3 Å². The number of esters is 1. The second-order valence-electron chi connectivity index (χ2n) is 4.08. The highest BCUT2D eigenvalue weighted by Crippen LogP contribution is 2.12. The van der Waals surface area contributed by atoms with Crippen LogP contribution in [0.15, 0.2) is 30.3 Å². The number of likely N-dealkylation sites (N-methyl/N-ethyl adjacent to an activating group) is 1. The fourth-order valence-electron chi connectivity index (χ4n) is 1.26. The Kier molecular flexibility index (Phi) is 8.66. The van der Waals surface area contributed by atoms with Crippen LogP contribution in [-0.2, 0) is 9.53 Å². The van der Waals surface area contributed by atoms with E-state index < -0.39 is 0 Å². The van der Waals surface area contributed by atoms with E-state index in [0.29, 0.717) is 6.61 Å². The maximum atomic E-state index is 11.4. The van der Waals surface area contributed by atoms with Crippen molar-refractivity contribution in [3.05, 3.63) is 35.9 Å². The Balaban J connectivity index is 0.00000324. The van der Waals surface area contributed by atoms with E-state index in [1.54, 1.807) is 13.2 Å². The Morgan fingerprint density at radius 2 is 1.89 bits per heavy atom. The summed E-state index contributed by atoms with van der Waals surface area (Å²) in [6.45, 7) is 1.13. The third-order valence-electron chi connectivity index (χ3n) is 2.31. The average Bonchev–Trinajstić information content (AvgIpc) is 2.36. The predicted octanol–water partition coefficient (Wildman–Crippen LogP) is 2.24. The molecule has 0 radical (unpaired) electrons. The van der Waals surface area contributed by atoms with Gasteiger partial charge in [0, 0.05) is 12.6 Å². The van der Waals surface area contributed by atoms with E-state index in [1.165, 1.54) is 6.08 Å². The van der Waals surface area contributed by atoms with Crippen LogP contribution >= 0.6 is 12.4 Å². The highest BCUT2D eigenvalue weighted by molar-refractivity contribution is 5.87. The molecule has 0 amide bonds. The standard InChI is InChI=1S/C14H19NO3.ClH/c1-15(2)10-11-18-14(16)9-6-12-4-7-13(17-3)8-5-12;/h4-9H,10-11H2,1-3H3;1H/b9-6+;. The molecular weight excluding hydrogens is 266 g/mol. The van der Waals surface area contributed by atoms with Crippen molar-refractivity contribution in [2.75, 3.05) is 34.4 Å². The second kappa shape index (κ2) is 9.42. The van der Waals surface area contributed by atoms with Crippen LogP contribution < -0.4 is 4.74 Å². The Hall–Kier alpha value is -1.52. The molecule has 106 valence electrons. The van der Waals surface area contributed by atoms with Crippen LogP contribution in [0.4, 0.5) is 0 Å². The normalized spacial score (nSPS) is 10.3. The Labute approximate surface area is 120 Å². The van der Waals surface area contributed by atoms with E-state index >= 15 is 0 Å². The summed E-state index contributed by atoms with van der Waals surface area (Å²) >= 11 is 0. The number of rotatable bonds is 6. The molecule has 0 aliphatic heterocycles. The lowest BCUT2D eigenvalue weighted by Crippen LogP contribution is -2.19. The number of hydrogen-bond donors (Lipinski definition) is 0. The van der Waals surface area contributed by atoms with Crippen molar-refractivity contribution in [1.29, 1.82) is 0 Å². The van der Waals surface area contributed by atoms with Crippen molar-refractivity contribution < 1.29 is 14.3 Å². The van der Waals surface area contributed by atoms with Gasteiger partial charge in [-0.3, -0.25) is 0 Å². The van der Waals surface area contributed by atoms with Crippen LogP contribution in [0.2, 0.25) is 0 Å².